The molecule has 0 saturated heterocycles. The summed E-state index contributed by atoms with van der Waals surface area (Å²) in [5.74, 6) is 3.95. The summed E-state index contributed by atoms with van der Waals surface area (Å²) in [7, 11) is 6.49. The Labute approximate surface area is 203 Å². The van der Waals surface area contributed by atoms with Crippen LogP contribution >= 0.6 is 0 Å². The van der Waals surface area contributed by atoms with Gasteiger partial charge in [0.25, 0.3) is 0 Å². The van der Waals surface area contributed by atoms with Crippen LogP contribution in [-0.2, 0) is 0 Å². The molecule has 0 N–H and O–H groups in total. The highest BCUT2D eigenvalue weighted by Gasteiger charge is 2.19. The van der Waals surface area contributed by atoms with Gasteiger partial charge in [-0.1, -0.05) is 30.4 Å². The monoisotopic (exact) mass is 471 g/mol. The van der Waals surface area contributed by atoms with Crippen LogP contribution in [0.2, 0.25) is 0 Å². The van der Waals surface area contributed by atoms with Crippen LogP contribution in [0.1, 0.15) is 11.1 Å². The van der Waals surface area contributed by atoms with Crippen LogP contribution in [0.15, 0.2) is 54.6 Å². The molecular formula is C28H25NO6. The summed E-state index contributed by atoms with van der Waals surface area (Å²) in [4.78, 5) is 4.93. The van der Waals surface area contributed by atoms with Crippen molar-refractivity contribution in [2.24, 2.45) is 0 Å². The first-order chi connectivity index (χ1) is 17.2. The largest absolute Gasteiger partial charge is 0.493 e. The van der Waals surface area contributed by atoms with Crippen molar-refractivity contribution < 1.29 is 28.4 Å². The Morgan fingerprint density at radius 1 is 0.714 bits per heavy atom. The van der Waals surface area contributed by atoms with Crippen LogP contribution in [0.3, 0.4) is 0 Å². The maximum Gasteiger partial charge on any atom is 0.231 e. The number of aromatic nitrogens is 1. The molecule has 5 rings (SSSR count). The average molecular weight is 472 g/mol. The Morgan fingerprint density at radius 2 is 1.37 bits per heavy atom. The first-order valence-corrected chi connectivity index (χ1v) is 11.0. The zero-order valence-corrected chi connectivity index (χ0v) is 20.0. The van der Waals surface area contributed by atoms with Gasteiger partial charge < -0.3 is 28.4 Å². The number of benzene rings is 3. The second-order valence-corrected chi connectivity index (χ2v) is 7.78. The zero-order valence-electron chi connectivity index (χ0n) is 20.0. The molecule has 2 heterocycles. The third-order valence-electron chi connectivity index (χ3n) is 5.89. The molecule has 0 atom stereocenters. The van der Waals surface area contributed by atoms with Crippen molar-refractivity contribution in [3.05, 3.63) is 65.7 Å². The van der Waals surface area contributed by atoms with E-state index in [9.17, 15) is 0 Å². The minimum absolute atomic E-state index is 0.189. The summed E-state index contributed by atoms with van der Waals surface area (Å²) < 4.78 is 33.4. The minimum atomic E-state index is 0.189. The van der Waals surface area contributed by atoms with Gasteiger partial charge in [0.05, 0.1) is 39.6 Å². The molecule has 0 bridgehead atoms. The fourth-order valence-electron chi connectivity index (χ4n) is 4.23. The number of para-hydroxylation sites is 2. The maximum atomic E-state index is 5.67. The molecule has 1 aliphatic rings. The molecule has 1 aliphatic heterocycles. The average Bonchev–Trinajstić information content (AvgIpc) is 3.36. The molecule has 0 aliphatic carbocycles. The van der Waals surface area contributed by atoms with Gasteiger partial charge in [-0.15, -0.1) is 0 Å². The van der Waals surface area contributed by atoms with E-state index in [2.05, 4.69) is 0 Å². The number of pyridine rings is 1. The van der Waals surface area contributed by atoms with E-state index in [4.69, 9.17) is 33.4 Å². The zero-order chi connectivity index (χ0) is 24.4. The Hall–Kier alpha value is -4.39. The predicted octanol–water partition coefficient (Wildman–Crippen LogP) is 5.84. The minimum Gasteiger partial charge on any atom is -0.493 e. The van der Waals surface area contributed by atoms with Gasteiger partial charge in [0.15, 0.2) is 34.5 Å². The van der Waals surface area contributed by atoms with Crippen molar-refractivity contribution >= 4 is 23.1 Å². The summed E-state index contributed by atoms with van der Waals surface area (Å²) in [5.41, 5.74) is 4.16. The summed E-state index contributed by atoms with van der Waals surface area (Å²) in [5, 5.41) is 0.929. The smallest absolute Gasteiger partial charge is 0.231 e. The number of fused-ring (bicyclic) bond motifs is 2. The SMILES string of the molecule is COc1cccc(C=Cc2cc(-c3cccc(OC)c3OC)nc3cc4c(cc23)OCO4)c1OC. The standard InChI is InChI=1S/C28H25NO6/c1-30-23-9-5-7-17(27(23)32-3)11-12-18-13-21(19-8-6-10-24(31-2)28(19)33-4)29-22-15-26-25(14-20(18)22)34-16-35-26/h5-15H,16H2,1-4H3. The molecular weight excluding hydrogens is 446 g/mol. The van der Waals surface area contributed by atoms with Crippen molar-refractivity contribution in [3.8, 4) is 45.8 Å². The van der Waals surface area contributed by atoms with Crippen molar-refractivity contribution in [1.29, 1.82) is 0 Å². The Bertz CT molecular complexity index is 1430. The second-order valence-electron chi connectivity index (χ2n) is 7.78. The molecule has 35 heavy (non-hydrogen) atoms. The van der Waals surface area contributed by atoms with Crippen LogP contribution in [-0.4, -0.2) is 40.2 Å². The summed E-state index contributed by atoms with van der Waals surface area (Å²) in [6, 6.07) is 17.4. The third-order valence-corrected chi connectivity index (χ3v) is 5.89. The maximum absolute atomic E-state index is 5.67. The Morgan fingerprint density at radius 3 is 2.09 bits per heavy atom. The molecule has 0 amide bonds. The first kappa shape index (κ1) is 22.4. The molecule has 0 fully saturated rings. The fourth-order valence-corrected chi connectivity index (χ4v) is 4.23. The predicted molar refractivity (Wildman–Crippen MR) is 135 cm³/mol. The van der Waals surface area contributed by atoms with Crippen LogP contribution in [0, 0.1) is 0 Å². The highest BCUT2D eigenvalue weighted by molar-refractivity contribution is 5.95. The van der Waals surface area contributed by atoms with E-state index >= 15 is 0 Å². The number of hydrogen-bond donors (Lipinski definition) is 0. The van der Waals surface area contributed by atoms with Crippen LogP contribution < -0.4 is 28.4 Å². The lowest BCUT2D eigenvalue weighted by Gasteiger charge is -2.14. The van der Waals surface area contributed by atoms with E-state index < -0.39 is 0 Å². The van der Waals surface area contributed by atoms with E-state index in [1.165, 1.54) is 0 Å². The number of nitrogens with zero attached hydrogens (tertiary/aromatic N) is 1. The first-order valence-electron chi connectivity index (χ1n) is 11.0. The van der Waals surface area contributed by atoms with Gasteiger partial charge >= 0.3 is 0 Å². The van der Waals surface area contributed by atoms with Crippen LogP contribution in [0.5, 0.6) is 34.5 Å². The van der Waals surface area contributed by atoms with Crippen LogP contribution in [0.4, 0.5) is 0 Å². The third kappa shape index (κ3) is 4.05. The van der Waals surface area contributed by atoms with Crippen LogP contribution in [0.25, 0.3) is 34.3 Å². The molecule has 0 radical (unpaired) electrons. The fraction of sp³-hybridized carbons (Fsp3) is 0.179. The van der Waals surface area contributed by atoms with Gasteiger partial charge in [-0.3, -0.25) is 0 Å². The highest BCUT2D eigenvalue weighted by atomic mass is 16.7. The number of ether oxygens (including phenoxy) is 6. The summed E-state index contributed by atoms with van der Waals surface area (Å²) in [6.45, 7) is 0.189. The highest BCUT2D eigenvalue weighted by Crippen LogP contribution is 2.41. The van der Waals surface area contributed by atoms with E-state index in [1.54, 1.807) is 28.4 Å². The summed E-state index contributed by atoms with van der Waals surface area (Å²) >= 11 is 0. The molecule has 178 valence electrons. The number of hydrogen-bond acceptors (Lipinski definition) is 7. The van der Waals surface area contributed by atoms with Gasteiger partial charge in [0.2, 0.25) is 6.79 Å². The molecule has 0 unspecified atom stereocenters. The van der Waals surface area contributed by atoms with Gasteiger partial charge in [0.1, 0.15) is 0 Å². The number of rotatable bonds is 7. The van der Waals surface area contributed by atoms with Gasteiger partial charge in [-0.2, -0.15) is 0 Å². The molecule has 0 saturated carbocycles. The lowest BCUT2D eigenvalue weighted by molar-refractivity contribution is 0.174. The second kappa shape index (κ2) is 9.46. The Balaban J connectivity index is 1.71. The molecule has 3 aromatic carbocycles. The van der Waals surface area contributed by atoms with Crippen molar-refractivity contribution in [3.63, 3.8) is 0 Å². The Kier molecular flexibility index (Phi) is 6.06. The number of methoxy groups -OCH3 is 4. The van der Waals surface area contributed by atoms with E-state index in [1.807, 2.05) is 66.7 Å². The molecule has 0 spiro atoms. The van der Waals surface area contributed by atoms with Crippen molar-refractivity contribution in [2.45, 2.75) is 0 Å². The van der Waals surface area contributed by atoms with E-state index in [0.29, 0.717) is 34.5 Å². The van der Waals surface area contributed by atoms with Gasteiger partial charge in [0, 0.05) is 22.6 Å². The van der Waals surface area contributed by atoms with Crippen molar-refractivity contribution in [1.82, 2.24) is 4.98 Å². The topological polar surface area (TPSA) is 68.3 Å². The quantitative estimate of drug-likeness (QED) is 0.336. The summed E-state index contributed by atoms with van der Waals surface area (Å²) in [6.07, 6.45) is 4.02. The molecule has 4 aromatic rings. The lowest BCUT2D eigenvalue weighted by Crippen LogP contribution is -1.96. The normalized spacial score (nSPS) is 12.2. The van der Waals surface area contributed by atoms with Gasteiger partial charge in [-0.25, -0.2) is 4.98 Å². The van der Waals surface area contributed by atoms with E-state index in [-0.39, 0.29) is 6.79 Å². The van der Waals surface area contributed by atoms with Crippen molar-refractivity contribution in [2.75, 3.05) is 35.2 Å². The molecule has 7 heteroatoms. The molecule has 1 aromatic heterocycles. The molecule has 7 nitrogen and oxygen atoms in total. The lowest BCUT2D eigenvalue weighted by atomic mass is 10.0. The van der Waals surface area contributed by atoms with E-state index in [0.717, 1.165) is 33.3 Å². The van der Waals surface area contributed by atoms with Gasteiger partial charge in [-0.05, 0) is 35.9 Å².